The van der Waals surface area contributed by atoms with E-state index in [1.165, 1.54) is 29.7 Å². The first-order chi connectivity index (χ1) is 13.8. The van der Waals surface area contributed by atoms with E-state index in [1.807, 2.05) is 13.8 Å². The van der Waals surface area contributed by atoms with Crippen molar-refractivity contribution in [3.8, 4) is 22.6 Å². The number of carbonyl (C=O) groups is 1. The van der Waals surface area contributed by atoms with Crippen molar-refractivity contribution in [2.75, 3.05) is 25.7 Å². The molecule has 152 valence electrons. The summed E-state index contributed by atoms with van der Waals surface area (Å²) < 4.78 is 31.7. The highest BCUT2D eigenvalue weighted by atomic mass is 19.1. The highest BCUT2D eigenvalue weighted by Gasteiger charge is 2.43. The minimum absolute atomic E-state index is 0.196. The number of cyclic esters (lactones) is 1. The van der Waals surface area contributed by atoms with Crippen LogP contribution in [0.4, 0.5) is 15.0 Å². The van der Waals surface area contributed by atoms with Crippen molar-refractivity contribution in [1.29, 1.82) is 0 Å². The SMILES string of the molecule is COc1cn2ncc(-c3cc(C)c(OC)c(F)c3)c2nc1N1C(=O)OCC1(C)C. The van der Waals surface area contributed by atoms with Crippen LogP contribution in [0.15, 0.2) is 24.5 Å². The molecule has 1 aromatic carbocycles. The summed E-state index contributed by atoms with van der Waals surface area (Å²) in [4.78, 5) is 18.5. The minimum atomic E-state index is -0.599. The third kappa shape index (κ3) is 2.93. The molecule has 0 radical (unpaired) electrons. The van der Waals surface area contributed by atoms with Gasteiger partial charge in [-0.2, -0.15) is 5.10 Å². The lowest BCUT2D eigenvalue weighted by molar-refractivity contribution is 0.175. The number of carbonyl (C=O) groups excluding carboxylic acids is 1. The quantitative estimate of drug-likeness (QED) is 0.666. The van der Waals surface area contributed by atoms with E-state index in [-0.39, 0.29) is 12.4 Å². The van der Waals surface area contributed by atoms with Crippen LogP contribution in [0.1, 0.15) is 19.4 Å². The molecule has 0 aliphatic carbocycles. The number of nitrogens with zero attached hydrogens (tertiary/aromatic N) is 4. The predicted molar refractivity (Wildman–Crippen MR) is 104 cm³/mol. The Hall–Kier alpha value is -3.36. The summed E-state index contributed by atoms with van der Waals surface area (Å²) in [6.45, 7) is 5.75. The Balaban J connectivity index is 1.92. The van der Waals surface area contributed by atoms with E-state index in [4.69, 9.17) is 14.2 Å². The first-order valence-electron chi connectivity index (χ1n) is 9.00. The van der Waals surface area contributed by atoms with Crippen LogP contribution in [-0.4, -0.2) is 47.1 Å². The lowest BCUT2D eigenvalue weighted by atomic mass is 10.0. The monoisotopic (exact) mass is 400 g/mol. The van der Waals surface area contributed by atoms with E-state index in [0.29, 0.717) is 33.9 Å². The van der Waals surface area contributed by atoms with E-state index >= 15 is 0 Å². The number of amides is 1. The van der Waals surface area contributed by atoms with Gasteiger partial charge in [0.25, 0.3) is 0 Å². The second-order valence-corrected chi connectivity index (χ2v) is 7.47. The van der Waals surface area contributed by atoms with Crippen LogP contribution in [0, 0.1) is 12.7 Å². The lowest BCUT2D eigenvalue weighted by Crippen LogP contribution is -2.42. The zero-order chi connectivity index (χ0) is 20.9. The van der Waals surface area contributed by atoms with Crippen molar-refractivity contribution in [2.45, 2.75) is 26.3 Å². The van der Waals surface area contributed by atoms with Gasteiger partial charge >= 0.3 is 6.09 Å². The minimum Gasteiger partial charge on any atom is -0.493 e. The topological polar surface area (TPSA) is 78.2 Å². The Bertz CT molecular complexity index is 1100. The molecule has 9 heteroatoms. The molecule has 0 N–H and O–H groups in total. The molecule has 0 unspecified atom stereocenters. The summed E-state index contributed by atoms with van der Waals surface area (Å²) >= 11 is 0. The number of ether oxygens (including phenoxy) is 3. The molecule has 3 heterocycles. The molecule has 3 aromatic rings. The maximum atomic E-state index is 14.4. The number of methoxy groups -OCH3 is 2. The van der Waals surface area contributed by atoms with Crippen LogP contribution < -0.4 is 14.4 Å². The zero-order valence-electron chi connectivity index (χ0n) is 16.8. The molecule has 29 heavy (non-hydrogen) atoms. The van der Waals surface area contributed by atoms with Crippen LogP contribution >= 0.6 is 0 Å². The normalized spacial score (nSPS) is 15.7. The summed E-state index contributed by atoms with van der Waals surface area (Å²) in [6.07, 6.45) is 2.73. The van der Waals surface area contributed by atoms with E-state index in [1.54, 1.807) is 25.4 Å². The average molecular weight is 400 g/mol. The van der Waals surface area contributed by atoms with Gasteiger partial charge in [-0.3, -0.25) is 0 Å². The van der Waals surface area contributed by atoms with Gasteiger partial charge < -0.3 is 14.2 Å². The average Bonchev–Trinajstić information content (AvgIpc) is 3.19. The Kier molecular flexibility index (Phi) is 4.33. The predicted octanol–water partition coefficient (Wildman–Crippen LogP) is 3.60. The summed E-state index contributed by atoms with van der Waals surface area (Å²) in [5.41, 5.74) is 1.73. The molecule has 0 saturated carbocycles. The van der Waals surface area contributed by atoms with Crippen LogP contribution in [-0.2, 0) is 4.74 Å². The maximum absolute atomic E-state index is 14.4. The van der Waals surface area contributed by atoms with Crippen molar-refractivity contribution in [3.05, 3.63) is 35.9 Å². The van der Waals surface area contributed by atoms with Crippen LogP contribution in [0.3, 0.4) is 0 Å². The second-order valence-electron chi connectivity index (χ2n) is 7.47. The molecule has 0 bridgehead atoms. The van der Waals surface area contributed by atoms with Gasteiger partial charge in [0, 0.05) is 5.56 Å². The van der Waals surface area contributed by atoms with Gasteiger partial charge in [0.1, 0.15) is 6.61 Å². The third-order valence-corrected chi connectivity index (χ3v) is 4.95. The fourth-order valence-electron chi connectivity index (χ4n) is 3.53. The summed E-state index contributed by atoms with van der Waals surface area (Å²) in [6, 6.07) is 3.18. The standard InChI is InChI=1S/C20H21FN4O4/c1-11-6-12(7-14(21)16(11)28-5)13-8-22-24-9-15(27-4)18(23-17(13)24)25-19(26)29-10-20(25,2)3/h6-9H,10H2,1-5H3. The first kappa shape index (κ1) is 19.0. The van der Waals surface area contributed by atoms with Crippen molar-refractivity contribution in [1.82, 2.24) is 14.6 Å². The van der Waals surface area contributed by atoms with E-state index < -0.39 is 17.4 Å². The van der Waals surface area contributed by atoms with Gasteiger partial charge in [0.15, 0.2) is 28.8 Å². The van der Waals surface area contributed by atoms with Crippen LogP contribution in [0.5, 0.6) is 11.5 Å². The molecule has 8 nitrogen and oxygen atoms in total. The third-order valence-electron chi connectivity index (χ3n) is 4.95. The Morgan fingerprint density at radius 1 is 1.24 bits per heavy atom. The number of rotatable bonds is 4. The van der Waals surface area contributed by atoms with Gasteiger partial charge in [0.2, 0.25) is 0 Å². The number of hydrogen-bond acceptors (Lipinski definition) is 6. The number of halogens is 1. The molecule has 1 aliphatic rings. The number of aromatic nitrogens is 3. The summed E-state index contributed by atoms with van der Waals surface area (Å²) in [5, 5.41) is 4.31. The largest absolute Gasteiger partial charge is 0.493 e. The molecule has 1 fully saturated rings. The highest BCUT2D eigenvalue weighted by molar-refractivity contribution is 5.92. The Morgan fingerprint density at radius 3 is 2.59 bits per heavy atom. The summed E-state index contributed by atoms with van der Waals surface area (Å²) in [5.74, 6) is 0.415. The molecule has 1 amide bonds. The number of fused-ring (bicyclic) bond motifs is 1. The molecule has 1 saturated heterocycles. The van der Waals surface area contributed by atoms with Crippen molar-refractivity contribution < 1.29 is 23.4 Å². The number of benzene rings is 1. The maximum Gasteiger partial charge on any atom is 0.416 e. The van der Waals surface area contributed by atoms with E-state index in [9.17, 15) is 9.18 Å². The van der Waals surface area contributed by atoms with Crippen molar-refractivity contribution in [2.24, 2.45) is 0 Å². The Labute approximate surface area is 166 Å². The summed E-state index contributed by atoms with van der Waals surface area (Å²) in [7, 11) is 2.92. The van der Waals surface area contributed by atoms with E-state index in [2.05, 4.69) is 10.1 Å². The molecule has 1 aliphatic heterocycles. The molecule has 0 spiro atoms. The molecule has 0 atom stereocenters. The lowest BCUT2D eigenvalue weighted by Gasteiger charge is -2.27. The van der Waals surface area contributed by atoms with Gasteiger partial charge in [0.05, 0.1) is 32.2 Å². The first-order valence-corrected chi connectivity index (χ1v) is 9.00. The van der Waals surface area contributed by atoms with Gasteiger partial charge in [-0.05, 0) is 44.0 Å². The fourth-order valence-corrected chi connectivity index (χ4v) is 3.53. The molecule has 2 aromatic heterocycles. The van der Waals surface area contributed by atoms with Crippen molar-refractivity contribution >= 4 is 17.6 Å². The van der Waals surface area contributed by atoms with Crippen LogP contribution in [0.2, 0.25) is 0 Å². The second kappa shape index (κ2) is 6.61. The number of anilines is 1. The Morgan fingerprint density at radius 2 is 2.00 bits per heavy atom. The van der Waals surface area contributed by atoms with Gasteiger partial charge in [-0.25, -0.2) is 23.6 Å². The van der Waals surface area contributed by atoms with Crippen molar-refractivity contribution in [3.63, 3.8) is 0 Å². The van der Waals surface area contributed by atoms with Gasteiger partial charge in [-0.15, -0.1) is 0 Å². The highest BCUT2D eigenvalue weighted by Crippen LogP contribution is 2.38. The van der Waals surface area contributed by atoms with E-state index in [0.717, 1.165) is 0 Å². The van der Waals surface area contributed by atoms with Crippen LogP contribution in [0.25, 0.3) is 16.8 Å². The number of aryl methyl sites for hydroxylation is 1. The zero-order valence-corrected chi connectivity index (χ0v) is 16.8. The molecular weight excluding hydrogens is 379 g/mol. The number of hydrogen-bond donors (Lipinski definition) is 0. The molecular formula is C20H21FN4O4. The van der Waals surface area contributed by atoms with Gasteiger partial charge in [-0.1, -0.05) is 0 Å². The fraction of sp³-hybridized carbons (Fsp3) is 0.350. The smallest absolute Gasteiger partial charge is 0.416 e. The molecule has 4 rings (SSSR count).